The van der Waals surface area contributed by atoms with Gasteiger partial charge in [-0.05, 0) is 91.8 Å². The van der Waals surface area contributed by atoms with Gasteiger partial charge in [-0.15, -0.1) is 0 Å². The molecule has 1 aliphatic rings. The molecule has 0 atom stereocenters. The highest BCUT2D eigenvalue weighted by atomic mass is 19.1. The van der Waals surface area contributed by atoms with Crippen LogP contribution < -0.4 is 15.4 Å². The third kappa shape index (κ3) is 5.67. The van der Waals surface area contributed by atoms with Crippen LogP contribution in [-0.4, -0.2) is 31.5 Å². The molecule has 39 heavy (non-hydrogen) atoms. The predicted octanol–water partition coefficient (Wildman–Crippen LogP) is 6.97. The molecule has 6 nitrogen and oxygen atoms in total. The summed E-state index contributed by atoms with van der Waals surface area (Å²) < 4.78 is 26.1. The lowest BCUT2D eigenvalue weighted by Gasteiger charge is -2.18. The topological polar surface area (TPSA) is 80.6 Å². The van der Waals surface area contributed by atoms with E-state index in [4.69, 9.17) is 9.15 Å². The van der Waals surface area contributed by atoms with Crippen LogP contribution in [0.3, 0.4) is 0 Å². The van der Waals surface area contributed by atoms with Crippen molar-refractivity contribution in [3.63, 3.8) is 0 Å². The number of amides is 2. The molecule has 1 aliphatic carbocycles. The van der Waals surface area contributed by atoms with Crippen molar-refractivity contribution in [2.75, 3.05) is 13.6 Å². The van der Waals surface area contributed by atoms with Crippen molar-refractivity contribution >= 4 is 22.8 Å². The summed E-state index contributed by atoms with van der Waals surface area (Å²) in [5.74, 6) is 0.572. The molecule has 1 saturated carbocycles. The molecule has 3 aromatic carbocycles. The molecule has 0 spiro atoms. The van der Waals surface area contributed by atoms with E-state index in [9.17, 15) is 14.0 Å². The molecule has 5 rings (SSSR count). The van der Waals surface area contributed by atoms with Gasteiger partial charge in [0.1, 0.15) is 22.9 Å². The molecule has 0 aliphatic heterocycles. The molecule has 1 heterocycles. The van der Waals surface area contributed by atoms with Crippen LogP contribution in [0, 0.1) is 11.7 Å². The van der Waals surface area contributed by atoms with Crippen LogP contribution in [0.2, 0.25) is 0 Å². The van der Waals surface area contributed by atoms with Crippen LogP contribution in [0.4, 0.5) is 4.39 Å². The Morgan fingerprint density at radius 1 is 0.974 bits per heavy atom. The third-order valence-corrected chi connectivity index (χ3v) is 7.07. The molecule has 0 saturated heterocycles. The zero-order valence-electron chi connectivity index (χ0n) is 22.5. The van der Waals surface area contributed by atoms with Crippen molar-refractivity contribution in [2.45, 2.75) is 45.6 Å². The molecular formula is C32H33FN2O4. The number of hydrogen-bond acceptors (Lipinski definition) is 4. The number of furan rings is 1. The van der Waals surface area contributed by atoms with Crippen molar-refractivity contribution in [3.8, 4) is 28.2 Å². The number of halogens is 1. The van der Waals surface area contributed by atoms with Gasteiger partial charge >= 0.3 is 0 Å². The number of benzene rings is 3. The van der Waals surface area contributed by atoms with E-state index in [1.807, 2.05) is 30.3 Å². The van der Waals surface area contributed by atoms with E-state index >= 15 is 0 Å². The van der Waals surface area contributed by atoms with Crippen LogP contribution in [0.5, 0.6) is 5.75 Å². The van der Waals surface area contributed by atoms with E-state index in [-0.39, 0.29) is 23.7 Å². The highest BCUT2D eigenvalue weighted by Crippen LogP contribution is 2.39. The fourth-order valence-corrected chi connectivity index (χ4v) is 5.00. The van der Waals surface area contributed by atoms with Gasteiger partial charge in [0.05, 0.1) is 11.7 Å². The molecule has 0 bridgehead atoms. The quantitative estimate of drug-likeness (QED) is 0.259. The number of carbonyl (C=O) groups excluding carboxylic acids is 2. The summed E-state index contributed by atoms with van der Waals surface area (Å²) in [5, 5.41) is 6.30. The second kappa shape index (κ2) is 11.3. The van der Waals surface area contributed by atoms with E-state index in [0.717, 1.165) is 36.8 Å². The molecule has 7 heteroatoms. The Morgan fingerprint density at radius 2 is 1.69 bits per heavy atom. The smallest absolute Gasteiger partial charge is 0.255 e. The van der Waals surface area contributed by atoms with Gasteiger partial charge in [-0.2, -0.15) is 0 Å². The highest BCUT2D eigenvalue weighted by molar-refractivity contribution is 6.12. The molecule has 1 aromatic heterocycles. The van der Waals surface area contributed by atoms with E-state index in [1.54, 1.807) is 25.2 Å². The van der Waals surface area contributed by atoms with Crippen LogP contribution >= 0.6 is 0 Å². The maximum Gasteiger partial charge on any atom is 0.255 e. The maximum atomic E-state index is 13.6. The molecule has 0 unspecified atom stereocenters. The van der Waals surface area contributed by atoms with Crippen LogP contribution in [-0.2, 0) is 0 Å². The third-order valence-electron chi connectivity index (χ3n) is 7.07. The van der Waals surface area contributed by atoms with Crippen LogP contribution in [0.1, 0.15) is 60.2 Å². The lowest BCUT2D eigenvalue weighted by molar-refractivity contribution is 0.0945. The largest absolute Gasteiger partial charge is 0.490 e. The summed E-state index contributed by atoms with van der Waals surface area (Å²) in [4.78, 5) is 26.0. The number of fused-ring (bicyclic) bond motifs is 1. The van der Waals surface area contributed by atoms with Crippen molar-refractivity contribution in [1.29, 1.82) is 0 Å². The molecular weight excluding hydrogens is 495 g/mol. The van der Waals surface area contributed by atoms with Gasteiger partial charge in [0.2, 0.25) is 0 Å². The second-order valence-electron chi connectivity index (χ2n) is 10.4. The number of ether oxygens (including phenoxy) is 1. The molecule has 2 N–H and O–H groups in total. The first-order valence-electron chi connectivity index (χ1n) is 13.5. The predicted molar refractivity (Wildman–Crippen MR) is 150 cm³/mol. The Hall–Kier alpha value is -4.13. The second-order valence-corrected chi connectivity index (χ2v) is 10.4. The minimum atomic E-state index is -0.370. The van der Waals surface area contributed by atoms with Crippen LogP contribution in [0.15, 0.2) is 65.1 Å². The summed E-state index contributed by atoms with van der Waals surface area (Å²) in [7, 11) is 1.56. The average molecular weight is 529 g/mol. The van der Waals surface area contributed by atoms with E-state index in [0.29, 0.717) is 51.6 Å². The van der Waals surface area contributed by atoms with Crippen molar-refractivity contribution in [1.82, 2.24) is 10.6 Å². The fourth-order valence-electron chi connectivity index (χ4n) is 5.00. The summed E-state index contributed by atoms with van der Waals surface area (Å²) in [5.41, 5.74) is 3.60. The zero-order chi connectivity index (χ0) is 27.5. The van der Waals surface area contributed by atoms with Gasteiger partial charge in [0.15, 0.2) is 0 Å². The number of rotatable bonds is 8. The SMILES string of the molecule is CNC(=O)c1c(-c2ccc(F)cc2)oc2ccc(-c3cc(C(=O)NCC(C)C)ccc3OC3CCCC3)cc12. The van der Waals surface area contributed by atoms with Crippen molar-refractivity contribution < 1.29 is 23.1 Å². The first-order valence-corrected chi connectivity index (χ1v) is 13.5. The summed E-state index contributed by atoms with van der Waals surface area (Å²) in [6.07, 6.45) is 4.40. The number of carbonyl (C=O) groups is 2. The van der Waals surface area contributed by atoms with Gasteiger partial charge in [-0.25, -0.2) is 4.39 Å². The Kier molecular flexibility index (Phi) is 7.68. The Morgan fingerprint density at radius 3 is 2.38 bits per heavy atom. The first kappa shape index (κ1) is 26.5. The Labute approximate surface area is 227 Å². The summed E-state index contributed by atoms with van der Waals surface area (Å²) >= 11 is 0. The lowest BCUT2D eigenvalue weighted by Crippen LogP contribution is -2.27. The first-order chi connectivity index (χ1) is 18.8. The van der Waals surface area contributed by atoms with Gasteiger partial charge in [-0.3, -0.25) is 9.59 Å². The number of nitrogens with one attached hydrogen (secondary N) is 2. The minimum Gasteiger partial charge on any atom is -0.490 e. The van der Waals surface area contributed by atoms with Gasteiger partial charge in [-0.1, -0.05) is 19.9 Å². The average Bonchev–Trinajstić information content (AvgIpc) is 3.59. The summed E-state index contributed by atoms with van der Waals surface area (Å²) in [6.45, 7) is 4.68. The lowest BCUT2D eigenvalue weighted by atomic mass is 9.98. The molecule has 0 radical (unpaired) electrons. The fraction of sp³-hybridized carbons (Fsp3) is 0.312. The van der Waals surface area contributed by atoms with E-state index < -0.39 is 0 Å². The van der Waals surface area contributed by atoms with Crippen molar-refractivity contribution in [2.24, 2.45) is 5.92 Å². The van der Waals surface area contributed by atoms with Crippen molar-refractivity contribution in [3.05, 3.63) is 77.6 Å². The monoisotopic (exact) mass is 528 g/mol. The zero-order valence-corrected chi connectivity index (χ0v) is 22.5. The minimum absolute atomic E-state index is 0.133. The maximum absolute atomic E-state index is 13.6. The summed E-state index contributed by atoms with van der Waals surface area (Å²) in [6, 6.07) is 17.0. The molecule has 1 fully saturated rings. The Bertz CT molecular complexity index is 1500. The molecule has 202 valence electrons. The number of hydrogen-bond donors (Lipinski definition) is 2. The van der Waals surface area contributed by atoms with Gasteiger partial charge < -0.3 is 19.8 Å². The van der Waals surface area contributed by atoms with Gasteiger partial charge in [0.25, 0.3) is 11.8 Å². The molecule has 2 amide bonds. The highest BCUT2D eigenvalue weighted by Gasteiger charge is 2.24. The van der Waals surface area contributed by atoms with E-state index in [1.165, 1.54) is 12.1 Å². The van der Waals surface area contributed by atoms with Gasteiger partial charge in [0, 0.05) is 35.7 Å². The van der Waals surface area contributed by atoms with E-state index in [2.05, 4.69) is 24.5 Å². The standard InChI is InChI=1S/C32H33FN2O4/c1-19(2)18-35-31(36)22-11-15-27(38-24-6-4-5-7-24)25(17-22)21-10-14-28-26(16-21)29(32(37)34-3)30(39-28)20-8-12-23(33)13-9-20/h8-17,19,24H,4-7,18H2,1-3H3,(H,34,37)(H,35,36). The normalized spacial score (nSPS) is 13.7. The Balaban J connectivity index is 1.62. The van der Waals surface area contributed by atoms with Crippen LogP contribution in [0.25, 0.3) is 33.4 Å². The molecule has 4 aromatic rings.